The number of likely N-dealkylation sites (tertiary alicyclic amines) is 1. The van der Waals surface area contributed by atoms with Crippen LogP contribution in [0.2, 0.25) is 0 Å². The van der Waals surface area contributed by atoms with Gasteiger partial charge in [0.25, 0.3) is 0 Å². The molecule has 2 rings (SSSR count). The van der Waals surface area contributed by atoms with E-state index in [4.69, 9.17) is 4.74 Å². The van der Waals surface area contributed by atoms with E-state index in [0.717, 1.165) is 11.7 Å². The molecule has 2 heteroatoms. The molecule has 0 aromatic rings. The molecule has 1 aliphatic carbocycles. The van der Waals surface area contributed by atoms with Crippen LogP contribution in [0.3, 0.4) is 0 Å². The van der Waals surface area contributed by atoms with Gasteiger partial charge in [0, 0.05) is 18.5 Å². The van der Waals surface area contributed by atoms with E-state index >= 15 is 0 Å². The molecule has 0 radical (unpaired) electrons. The highest BCUT2D eigenvalue weighted by Gasteiger charge is 2.43. The lowest BCUT2D eigenvalue weighted by Gasteiger charge is -2.32. The summed E-state index contributed by atoms with van der Waals surface area (Å²) in [7, 11) is 3.98. The summed E-state index contributed by atoms with van der Waals surface area (Å²) in [4.78, 5) is 2.44. The zero-order valence-corrected chi connectivity index (χ0v) is 9.99. The van der Waals surface area contributed by atoms with Crippen LogP contribution in [0.15, 0.2) is 24.0 Å². The van der Waals surface area contributed by atoms with Gasteiger partial charge in [-0.1, -0.05) is 19.4 Å². The molecule has 84 valence electrons. The van der Waals surface area contributed by atoms with Crippen LogP contribution in [0, 0.1) is 11.3 Å². The highest BCUT2D eigenvalue weighted by atomic mass is 16.5. The Balaban J connectivity index is 2.25. The molecule has 0 amide bonds. The zero-order chi connectivity index (χ0) is 10.9. The Hall–Kier alpha value is -0.760. The van der Waals surface area contributed by atoms with E-state index in [0.29, 0.717) is 5.41 Å². The summed E-state index contributed by atoms with van der Waals surface area (Å²) in [5, 5.41) is 0. The van der Waals surface area contributed by atoms with E-state index < -0.39 is 0 Å². The predicted molar refractivity (Wildman–Crippen MR) is 62.6 cm³/mol. The molecule has 1 fully saturated rings. The lowest BCUT2D eigenvalue weighted by Crippen LogP contribution is -2.29. The van der Waals surface area contributed by atoms with Crippen LogP contribution >= 0.6 is 0 Å². The maximum Gasteiger partial charge on any atom is 0.115 e. The first kappa shape index (κ1) is 10.7. The molecule has 1 unspecified atom stereocenters. The first-order chi connectivity index (χ1) is 7.20. The van der Waals surface area contributed by atoms with Crippen molar-refractivity contribution < 1.29 is 4.74 Å². The van der Waals surface area contributed by atoms with Crippen LogP contribution in [0.5, 0.6) is 0 Å². The van der Waals surface area contributed by atoms with E-state index in [1.54, 1.807) is 7.11 Å². The van der Waals surface area contributed by atoms with Crippen molar-refractivity contribution in [2.24, 2.45) is 11.3 Å². The second kappa shape index (κ2) is 4.01. The summed E-state index contributed by atoms with van der Waals surface area (Å²) >= 11 is 0. The Morgan fingerprint density at radius 3 is 3.07 bits per heavy atom. The van der Waals surface area contributed by atoms with Gasteiger partial charge in [-0.05, 0) is 31.5 Å². The van der Waals surface area contributed by atoms with Gasteiger partial charge in [-0.2, -0.15) is 0 Å². The summed E-state index contributed by atoms with van der Waals surface area (Å²) in [6.45, 7) is 4.69. The normalized spacial score (nSPS) is 35.9. The summed E-state index contributed by atoms with van der Waals surface area (Å²) < 4.78 is 5.36. The summed E-state index contributed by atoms with van der Waals surface area (Å²) in [6.07, 6.45) is 9.13. The number of nitrogens with zero attached hydrogens (tertiary/aromatic N) is 1. The lowest BCUT2D eigenvalue weighted by atomic mass is 9.72. The second-order valence-corrected chi connectivity index (χ2v) is 4.89. The van der Waals surface area contributed by atoms with Crippen molar-refractivity contribution in [2.45, 2.75) is 19.8 Å². The molecule has 2 nitrogen and oxygen atoms in total. The highest BCUT2D eigenvalue weighted by molar-refractivity contribution is 5.25. The maximum absolute atomic E-state index is 5.36. The van der Waals surface area contributed by atoms with Gasteiger partial charge in [-0.25, -0.2) is 0 Å². The fourth-order valence-corrected chi connectivity index (χ4v) is 3.10. The Morgan fingerprint density at radius 1 is 1.60 bits per heavy atom. The predicted octanol–water partition coefficient (Wildman–Crippen LogP) is 2.43. The molecule has 15 heavy (non-hydrogen) atoms. The minimum atomic E-state index is 0.337. The van der Waals surface area contributed by atoms with Crippen LogP contribution in [-0.2, 0) is 4.74 Å². The number of allylic oxidation sites excluding steroid dienone is 2. The monoisotopic (exact) mass is 207 g/mol. The topological polar surface area (TPSA) is 12.5 Å². The second-order valence-electron chi connectivity index (χ2n) is 4.89. The highest BCUT2D eigenvalue weighted by Crippen LogP contribution is 2.44. The third-order valence-corrected chi connectivity index (χ3v) is 3.85. The third-order valence-electron chi connectivity index (χ3n) is 3.85. The summed E-state index contributed by atoms with van der Waals surface area (Å²) in [5.74, 6) is 1.81. The molecule has 0 saturated carbocycles. The molecule has 2 atom stereocenters. The number of hydrogen-bond acceptors (Lipinski definition) is 2. The van der Waals surface area contributed by atoms with Gasteiger partial charge in [0.1, 0.15) is 5.76 Å². The van der Waals surface area contributed by atoms with Crippen LogP contribution in [0.25, 0.3) is 0 Å². The molecular formula is C13H21NO. The summed E-state index contributed by atoms with van der Waals surface area (Å²) in [5.41, 5.74) is 0.337. The average molecular weight is 207 g/mol. The molecule has 2 aliphatic rings. The first-order valence-corrected chi connectivity index (χ1v) is 5.82. The molecule has 0 N–H and O–H groups in total. The molecule has 0 bridgehead atoms. The zero-order valence-electron chi connectivity index (χ0n) is 9.99. The van der Waals surface area contributed by atoms with E-state index in [9.17, 15) is 0 Å². The van der Waals surface area contributed by atoms with Crippen molar-refractivity contribution in [1.82, 2.24) is 4.90 Å². The van der Waals surface area contributed by atoms with Gasteiger partial charge < -0.3 is 9.64 Å². The van der Waals surface area contributed by atoms with Gasteiger partial charge >= 0.3 is 0 Å². The first-order valence-electron chi connectivity index (χ1n) is 5.82. The maximum atomic E-state index is 5.36. The molecule has 0 aromatic carbocycles. The van der Waals surface area contributed by atoms with Crippen molar-refractivity contribution in [2.75, 3.05) is 27.2 Å². The van der Waals surface area contributed by atoms with Crippen LogP contribution in [-0.4, -0.2) is 32.1 Å². The van der Waals surface area contributed by atoms with Crippen LogP contribution < -0.4 is 0 Å². The number of hydrogen-bond donors (Lipinski definition) is 0. The van der Waals surface area contributed by atoms with Crippen LogP contribution in [0.4, 0.5) is 0 Å². The standard InChI is InChI=1S/C13H21NO/c1-4-11-9-14(2)10-13(11)7-5-6-12(8-13)15-3/h5-6,8,11H,4,7,9-10H2,1-3H3/t11?,13-/m0/s1. The molecular weight excluding hydrogens is 186 g/mol. The Bertz CT molecular complexity index is 295. The van der Waals surface area contributed by atoms with Gasteiger partial charge in [-0.15, -0.1) is 0 Å². The fraction of sp³-hybridized carbons (Fsp3) is 0.692. The van der Waals surface area contributed by atoms with E-state index in [2.05, 4.69) is 37.1 Å². The number of rotatable bonds is 2. The van der Waals surface area contributed by atoms with E-state index in [-0.39, 0.29) is 0 Å². The Morgan fingerprint density at radius 2 is 2.40 bits per heavy atom. The van der Waals surface area contributed by atoms with Gasteiger partial charge in [0.15, 0.2) is 0 Å². The number of ether oxygens (including phenoxy) is 1. The van der Waals surface area contributed by atoms with Gasteiger partial charge in [0.05, 0.1) is 7.11 Å². The van der Waals surface area contributed by atoms with E-state index in [1.807, 2.05) is 0 Å². The molecule has 1 saturated heterocycles. The third kappa shape index (κ3) is 1.83. The smallest absolute Gasteiger partial charge is 0.115 e. The van der Waals surface area contributed by atoms with Crippen LogP contribution in [0.1, 0.15) is 19.8 Å². The molecule has 1 spiro atoms. The SMILES string of the molecule is CCC1CN(C)C[C@]12C=C(OC)C=CC2. The summed E-state index contributed by atoms with van der Waals surface area (Å²) in [6, 6.07) is 0. The molecule has 1 heterocycles. The van der Waals surface area contributed by atoms with Gasteiger partial charge in [-0.3, -0.25) is 0 Å². The number of methoxy groups -OCH3 is 1. The minimum absolute atomic E-state index is 0.337. The minimum Gasteiger partial charge on any atom is -0.497 e. The lowest BCUT2D eigenvalue weighted by molar-refractivity contribution is 0.250. The van der Waals surface area contributed by atoms with Crippen molar-refractivity contribution in [3.8, 4) is 0 Å². The van der Waals surface area contributed by atoms with E-state index in [1.165, 1.54) is 25.9 Å². The fourth-order valence-electron chi connectivity index (χ4n) is 3.10. The van der Waals surface area contributed by atoms with Gasteiger partial charge in [0.2, 0.25) is 0 Å². The van der Waals surface area contributed by atoms with Crippen molar-refractivity contribution in [1.29, 1.82) is 0 Å². The Labute approximate surface area is 92.6 Å². The van der Waals surface area contributed by atoms with Crippen molar-refractivity contribution >= 4 is 0 Å². The molecule has 1 aliphatic heterocycles. The van der Waals surface area contributed by atoms with Crippen molar-refractivity contribution in [3.63, 3.8) is 0 Å². The average Bonchev–Trinajstić information content (AvgIpc) is 2.54. The van der Waals surface area contributed by atoms with Crippen molar-refractivity contribution in [3.05, 3.63) is 24.0 Å². The quantitative estimate of drug-likeness (QED) is 0.689. The molecule has 0 aromatic heterocycles. The largest absolute Gasteiger partial charge is 0.497 e. The Kier molecular flexibility index (Phi) is 2.87.